The molecule has 1 saturated heterocycles. The van der Waals surface area contributed by atoms with E-state index in [4.69, 9.17) is 4.99 Å². The van der Waals surface area contributed by atoms with E-state index in [1.165, 1.54) is 23.0 Å². The molecule has 0 amide bonds. The average molecular weight is 240 g/mol. The maximum Gasteiger partial charge on any atom is 0.160 e. The van der Waals surface area contributed by atoms with Crippen LogP contribution in [0.3, 0.4) is 0 Å². The zero-order valence-electron chi connectivity index (χ0n) is 8.27. The summed E-state index contributed by atoms with van der Waals surface area (Å²) in [6.07, 6.45) is 0. The summed E-state index contributed by atoms with van der Waals surface area (Å²) < 4.78 is 0. The van der Waals surface area contributed by atoms with Crippen LogP contribution in [-0.4, -0.2) is 28.9 Å². The van der Waals surface area contributed by atoms with E-state index >= 15 is 0 Å². The number of amidine groups is 1. The van der Waals surface area contributed by atoms with Gasteiger partial charge in [0.15, 0.2) is 5.17 Å². The molecule has 0 N–H and O–H groups in total. The smallest absolute Gasteiger partial charge is 0.160 e. The van der Waals surface area contributed by atoms with Crippen LogP contribution in [0.1, 0.15) is 11.6 Å². The Kier molecular flexibility index (Phi) is 3.22. The van der Waals surface area contributed by atoms with Crippen molar-refractivity contribution in [2.24, 2.45) is 4.99 Å². The number of nitrogens with zero attached hydrogens (tertiary/aromatic N) is 2. The molecule has 1 atom stereocenters. The molecule has 0 radical (unpaired) electrons. The van der Waals surface area contributed by atoms with Gasteiger partial charge in [-0.05, 0) is 5.56 Å². The maximum absolute atomic E-state index is 4.73. The van der Waals surface area contributed by atoms with Crippen LogP contribution in [0, 0.1) is 0 Å². The third-order valence-corrected chi connectivity index (χ3v) is 3.72. The van der Waals surface area contributed by atoms with Gasteiger partial charge in [-0.15, -0.1) is 0 Å². The second kappa shape index (κ2) is 4.45. The fraction of sp³-hybridized carbons (Fsp3) is 0.364. The average Bonchev–Trinajstić information content (AvgIpc) is 2.78. The molecule has 2 aliphatic rings. The normalized spacial score (nSPS) is 23.3. The number of benzene rings is 1. The number of halogens is 1. The number of rotatable bonds is 1. The summed E-state index contributed by atoms with van der Waals surface area (Å²) in [4.78, 5) is 7.12. The van der Waals surface area contributed by atoms with Gasteiger partial charge in [0.1, 0.15) is 0 Å². The van der Waals surface area contributed by atoms with Crippen molar-refractivity contribution in [3.05, 3.63) is 35.9 Å². The van der Waals surface area contributed by atoms with E-state index in [0.717, 1.165) is 6.54 Å². The molecule has 0 bridgehead atoms. The molecule has 2 heterocycles. The highest BCUT2D eigenvalue weighted by Crippen LogP contribution is 2.31. The lowest BCUT2D eigenvalue weighted by atomic mass is 10.1. The van der Waals surface area contributed by atoms with E-state index in [9.17, 15) is 0 Å². The molecule has 0 aliphatic carbocycles. The molecule has 3 rings (SSSR count). The molecule has 1 aromatic rings. The molecule has 80 valence electrons. The summed E-state index contributed by atoms with van der Waals surface area (Å²) in [6.45, 7) is 2.25. The van der Waals surface area contributed by atoms with Crippen LogP contribution >= 0.6 is 11.8 Å². The van der Waals surface area contributed by atoms with Gasteiger partial charge in [0.2, 0.25) is 0 Å². The highest BCUT2D eigenvalue weighted by molar-refractivity contribution is 8.14. The van der Waals surface area contributed by atoms with E-state index in [0.29, 0.717) is 6.04 Å². The predicted molar refractivity (Wildman–Crippen MR) is 60.6 cm³/mol. The summed E-state index contributed by atoms with van der Waals surface area (Å²) in [7, 11) is 0. The van der Waals surface area contributed by atoms with Gasteiger partial charge >= 0.3 is 0 Å². The third-order valence-electron chi connectivity index (χ3n) is 2.71. The minimum atomic E-state index is 0. The van der Waals surface area contributed by atoms with Crippen LogP contribution in [-0.2, 0) is 0 Å². The van der Waals surface area contributed by atoms with Crippen molar-refractivity contribution in [2.45, 2.75) is 6.04 Å². The molecule has 0 aromatic heterocycles. The Morgan fingerprint density at radius 1 is 1.27 bits per heavy atom. The van der Waals surface area contributed by atoms with E-state index in [1.54, 1.807) is 0 Å². The Labute approximate surface area is 100 Å². The van der Waals surface area contributed by atoms with Crippen molar-refractivity contribution in [1.82, 2.24) is 4.90 Å². The van der Waals surface area contributed by atoms with Gasteiger partial charge in [0.05, 0.1) is 6.04 Å². The highest BCUT2D eigenvalue weighted by Gasteiger charge is 2.29. The Morgan fingerprint density at radius 3 is 2.80 bits per heavy atom. The molecule has 1 aromatic carbocycles. The van der Waals surface area contributed by atoms with E-state index in [-0.39, 0.29) is 12.4 Å². The summed E-state index contributed by atoms with van der Waals surface area (Å²) >= 11 is 1.89. The number of fused-ring (bicyclic) bond motifs is 1. The van der Waals surface area contributed by atoms with Crippen LogP contribution in [0.5, 0.6) is 0 Å². The maximum atomic E-state index is 4.73. The van der Waals surface area contributed by atoms with Crippen LogP contribution < -0.4 is 12.4 Å². The van der Waals surface area contributed by atoms with Crippen molar-refractivity contribution in [3.8, 4) is 0 Å². The molecule has 15 heavy (non-hydrogen) atoms. The number of hydrogen-bond acceptors (Lipinski definition) is 3. The van der Waals surface area contributed by atoms with Crippen LogP contribution in [0.2, 0.25) is 0 Å². The molecule has 4 heteroatoms. The molecule has 0 spiro atoms. The summed E-state index contributed by atoms with van der Waals surface area (Å²) in [5.41, 5.74) is 1.34. The monoisotopic (exact) mass is 239 g/mol. The largest absolute Gasteiger partial charge is 1.00 e. The Bertz CT molecular complexity index is 366. The predicted octanol–water partition coefficient (Wildman–Crippen LogP) is -0.850. The lowest BCUT2D eigenvalue weighted by molar-refractivity contribution is -0.00000273. The first-order valence-electron chi connectivity index (χ1n) is 4.94. The van der Waals surface area contributed by atoms with E-state index < -0.39 is 0 Å². The van der Waals surface area contributed by atoms with Gasteiger partial charge in [0.25, 0.3) is 0 Å². The zero-order valence-corrected chi connectivity index (χ0v) is 9.84. The topological polar surface area (TPSA) is 15.6 Å². The SMILES string of the molecule is [Cl-].c1ccc(C2CN3CCSC3=N2)cc1. The lowest BCUT2D eigenvalue weighted by Gasteiger charge is -2.12. The van der Waals surface area contributed by atoms with E-state index in [2.05, 4.69) is 35.2 Å². The molecular weight excluding hydrogens is 228 g/mol. The molecular formula is C11H12ClN2S-. The first-order valence-corrected chi connectivity index (χ1v) is 5.92. The number of aliphatic imine (C=N–C) groups is 1. The van der Waals surface area contributed by atoms with Crippen molar-refractivity contribution >= 4 is 16.9 Å². The second-order valence-corrected chi connectivity index (χ2v) is 4.69. The molecule has 1 unspecified atom stereocenters. The van der Waals surface area contributed by atoms with Crippen molar-refractivity contribution in [1.29, 1.82) is 0 Å². The van der Waals surface area contributed by atoms with Crippen molar-refractivity contribution < 1.29 is 12.4 Å². The van der Waals surface area contributed by atoms with Crippen molar-refractivity contribution in [2.75, 3.05) is 18.8 Å². The Morgan fingerprint density at radius 2 is 2.07 bits per heavy atom. The molecule has 2 aliphatic heterocycles. The Hall–Kier alpha value is -0.670. The molecule has 1 fully saturated rings. The van der Waals surface area contributed by atoms with Crippen LogP contribution in [0.15, 0.2) is 35.3 Å². The minimum absolute atomic E-state index is 0. The van der Waals surface area contributed by atoms with Crippen LogP contribution in [0.25, 0.3) is 0 Å². The van der Waals surface area contributed by atoms with Gasteiger partial charge < -0.3 is 17.3 Å². The fourth-order valence-corrected chi connectivity index (χ4v) is 3.00. The molecule has 2 nitrogen and oxygen atoms in total. The fourth-order valence-electron chi connectivity index (χ4n) is 1.96. The van der Waals surface area contributed by atoms with E-state index in [1.807, 2.05) is 11.8 Å². The second-order valence-electron chi connectivity index (χ2n) is 3.63. The van der Waals surface area contributed by atoms with Gasteiger partial charge in [-0.3, -0.25) is 4.99 Å². The Balaban J connectivity index is 0.000000853. The van der Waals surface area contributed by atoms with Gasteiger partial charge in [0, 0.05) is 18.8 Å². The van der Waals surface area contributed by atoms with Crippen LogP contribution in [0.4, 0.5) is 0 Å². The molecule has 0 saturated carbocycles. The lowest BCUT2D eigenvalue weighted by Crippen LogP contribution is -3.00. The van der Waals surface area contributed by atoms with Gasteiger partial charge in [-0.1, -0.05) is 42.1 Å². The summed E-state index contributed by atoms with van der Waals surface area (Å²) in [5, 5.41) is 1.25. The quantitative estimate of drug-likeness (QED) is 0.635. The minimum Gasteiger partial charge on any atom is -1.00 e. The number of thioether (sulfide) groups is 1. The standard InChI is InChI=1S/C11H12N2S.ClH/c1-2-4-9(5-3-1)10-8-13-6-7-14-11(13)12-10;/h1-5,10H,6-8H2;1H/p-1. The van der Waals surface area contributed by atoms with Crippen molar-refractivity contribution in [3.63, 3.8) is 0 Å². The highest BCUT2D eigenvalue weighted by atomic mass is 35.5. The first-order chi connectivity index (χ1) is 6.93. The third kappa shape index (κ3) is 1.99. The number of hydrogen-bond donors (Lipinski definition) is 0. The van der Waals surface area contributed by atoms with Gasteiger partial charge in [-0.2, -0.15) is 0 Å². The summed E-state index contributed by atoms with van der Waals surface area (Å²) in [6, 6.07) is 10.9. The zero-order chi connectivity index (χ0) is 9.38. The first kappa shape index (κ1) is 10.8. The summed E-state index contributed by atoms with van der Waals surface area (Å²) in [5.74, 6) is 1.21. The van der Waals surface area contributed by atoms with Gasteiger partial charge in [-0.25, -0.2) is 0 Å².